The van der Waals surface area contributed by atoms with Gasteiger partial charge in [0.05, 0.1) is 24.2 Å². The molecule has 6 nitrogen and oxygen atoms in total. The predicted octanol–water partition coefficient (Wildman–Crippen LogP) is 0.217. The van der Waals surface area contributed by atoms with Crippen molar-refractivity contribution in [2.24, 2.45) is 0 Å². The highest BCUT2D eigenvalue weighted by Crippen LogP contribution is 2.27. The number of methoxy groups -OCH3 is 1. The van der Waals surface area contributed by atoms with Crippen LogP contribution in [0.4, 0.5) is 5.69 Å². The molecule has 0 saturated carbocycles. The van der Waals surface area contributed by atoms with Crippen molar-refractivity contribution in [3.05, 3.63) is 18.2 Å². The third kappa shape index (κ3) is 3.29. The van der Waals surface area contributed by atoms with Gasteiger partial charge in [0.2, 0.25) is 10.0 Å². The molecule has 0 atom stereocenters. The average molecular weight is 309 g/mol. The van der Waals surface area contributed by atoms with Crippen LogP contribution in [-0.2, 0) is 10.0 Å². The van der Waals surface area contributed by atoms with Crippen LogP contribution in [0.15, 0.2) is 23.1 Å². The Bertz CT molecular complexity index is 644. The molecule has 114 valence electrons. The van der Waals surface area contributed by atoms with E-state index in [-0.39, 0.29) is 4.90 Å². The molecular formula is C14H19N3O3S. The van der Waals surface area contributed by atoms with Crippen LogP contribution in [0.5, 0.6) is 5.75 Å². The molecule has 0 radical (unpaired) electrons. The minimum absolute atomic E-state index is 0.193. The quantitative estimate of drug-likeness (QED) is 0.636. The van der Waals surface area contributed by atoms with E-state index in [1.54, 1.807) is 6.07 Å². The SMILES string of the molecule is C#CCN1CCN(S(=O)(=O)c2ccc(N)c(OC)c2)CC1. The first kappa shape index (κ1) is 15.6. The second kappa shape index (κ2) is 6.35. The number of terminal acetylenes is 1. The average Bonchev–Trinajstić information content (AvgIpc) is 2.48. The predicted molar refractivity (Wildman–Crippen MR) is 81.4 cm³/mol. The lowest BCUT2D eigenvalue weighted by Crippen LogP contribution is -2.48. The van der Waals surface area contributed by atoms with E-state index in [4.69, 9.17) is 16.9 Å². The second-order valence-corrected chi connectivity index (χ2v) is 6.73. The Kier molecular flexibility index (Phi) is 4.73. The Morgan fingerprint density at radius 2 is 2.00 bits per heavy atom. The van der Waals surface area contributed by atoms with Gasteiger partial charge in [-0.3, -0.25) is 4.90 Å². The van der Waals surface area contributed by atoms with E-state index < -0.39 is 10.0 Å². The molecule has 1 saturated heterocycles. The minimum Gasteiger partial charge on any atom is -0.495 e. The molecule has 1 aliphatic rings. The number of anilines is 1. The topological polar surface area (TPSA) is 75.9 Å². The Labute approximate surface area is 125 Å². The van der Waals surface area contributed by atoms with E-state index in [2.05, 4.69) is 10.8 Å². The maximum Gasteiger partial charge on any atom is 0.243 e. The zero-order chi connectivity index (χ0) is 15.5. The molecule has 0 unspecified atom stereocenters. The number of sulfonamides is 1. The van der Waals surface area contributed by atoms with Crippen LogP contribution < -0.4 is 10.5 Å². The molecule has 0 aromatic heterocycles. The normalized spacial score (nSPS) is 17.3. The second-order valence-electron chi connectivity index (χ2n) is 4.79. The van der Waals surface area contributed by atoms with E-state index >= 15 is 0 Å². The van der Waals surface area contributed by atoms with E-state index in [0.717, 1.165) is 0 Å². The lowest BCUT2D eigenvalue weighted by molar-refractivity contribution is 0.207. The molecule has 0 amide bonds. The highest BCUT2D eigenvalue weighted by Gasteiger charge is 2.28. The fourth-order valence-corrected chi connectivity index (χ4v) is 3.70. The molecule has 0 bridgehead atoms. The smallest absolute Gasteiger partial charge is 0.243 e. The zero-order valence-corrected chi connectivity index (χ0v) is 12.8. The monoisotopic (exact) mass is 309 g/mol. The minimum atomic E-state index is -3.53. The maximum atomic E-state index is 12.6. The van der Waals surface area contributed by atoms with Crippen molar-refractivity contribution in [1.29, 1.82) is 0 Å². The Morgan fingerprint density at radius 3 is 2.57 bits per heavy atom. The van der Waals surface area contributed by atoms with Gasteiger partial charge in [-0.15, -0.1) is 6.42 Å². The molecular weight excluding hydrogens is 290 g/mol. The van der Waals surface area contributed by atoms with E-state index in [0.29, 0.717) is 44.2 Å². The number of nitrogens with two attached hydrogens (primary N) is 1. The standard InChI is InChI=1S/C14H19N3O3S/c1-3-6-16-7-9-17(10-8-16)21(18,19)12-4-5-13(15)14(11-12)20-2/h1,4-5,11H,6-10,15H2,2H3. The van der Waals surface area contributed by atoms with Gasteiger partial charge in [0, 0.05) is 32.2 Å². The fraction of sp³-hybridized carbons (Fsp3) is 0.429. The summed E-state index contributed by atoms with van der Waals surface area (Å²) in [6, 6.07) is 4.50. The molecule has 7 heteroatoms. The summed E-state index contributed by atoms with van der Waals surface area (Å²) in [6.45, 7) is 2.67. The van der Waals surface area contributed by atoms with Crippen molar-refractivity contribution in [2.45, 2.75) is 4.90 Å². The highest BCUT2D eigenvalue weighted by atomic mass is 32.2. The molecule has 1 heterocycles. The van der Waals surface area contributed by atoms with Crippen LogP contribution in [0.25, 0.3) is 0 Å². The van der Waals surface area contributed by atoms with Gasteiger partial charge in [-0.2, -0.15) is 4.31 Å². The third-order valence-corrected chi connectivity index (χ3v) is 5.38. The summed E-state index contributed by atoms with van der Waals surface area (Å²) in [4.78, 5) is 2.24. The first-order valence-electron chi connectivity index (χ1n) is 6.58. The van der Waals surface area contributed by atoms with Gasteiger partial charge >= 0.3 is 0 Å². The largest absolute Gasteiger partial charge is 0.495 e. The number of rotatable bonds is 4. The molecule has 1 aromatic rings. The zero-order valence-electron chi connectivity index (χ0n) is 11.9. The number of nitrogen functional groups attached to an aromatic ring is 1. The number of benzene rings is 1. The molecule has 0 spiro atoms. The van der Waals surface area contributed by atoms with Gasteiger partial charge in [0.15, 0.2) is 0 Å². The van der Waals surface area contributed by atoms with Crippen molar-refractivity contribution in [3.63, 3.8) is 0 Å². The summed E-state index contributed by atoms with van der Waals surface area (Å²) < 4.78 is 31.7. The van der Waals surface area contributed by atoms with Crippen LogP contribution >= 0.6 is 0 Å². The maximum absolute atomic E-state index is 12.6. The van der Waals surface area contributed by atoms with Crippen molar-refractivity contribution in [2.75, 3.05) is 45.6 Å². The van der Waals surface area contributed by atoms with Gasteiger partial charge in [-0.25, -0.2) is 8.42 Å². The lowest BCUT2D eigenvalue weighted by Gasteiger charge is -2.32. The summed E-state index contributed by atoms with van der Waals surface area (Å²) in [7, 11) is -2.07. The Morgan fingerprint density at radius 1 is 1.33 bits per heavy atom. The van der Waals surface area contributed by atoms with E-state index in [1.807, 2.05) is 0 Å². The number of hydrogen-bond acceptors (Lipinski definition) is 5. The Balaban J connectivity index is 2.18. The highest BCUT2D eigenvalue weighted by molar-refractivity contribution is 7.89. The first-order chi connectivity index (χ1) is 9.98. The van der Waals surface area contributed by atoms with E-state index in [9.17, 15) is 8.42 Å². The van der Waals surface area contributed by atoms with E-state index in [1.165, 1.54) is 23.5 Å². The molecule has 1 aromatic carbocycles. The number of hydrogen-bond donors (Lipinski definition) is 1. The summed E-state index contributed by atoms with van der Waals surface area (Å²) >= 11 is 0. The Hall–Kier alpha value is -1.75. The van der Waals surface area contributed by atoms with Crippen LogP contribution in [0.3, 0.4) is 0 Å². The summed E-state index contributed by atoms with van der Waals surface area (Å²) in [5.74, 6) is 2.93. The van der Waals surface area contributed by atoms with Gasteiger partial charge < -0.3 is 10.5 Å². The molecule has 1 fully saturated rings. The third-order valence-electron chi connectivity index (χ3n) is 3.49. The summed E-state index contributed by atoms with van der Waals surface area (Å²) in [5.41, 5.74) is 6.13. The number of ether oxygens (including phenoxy) is 1. The molecule has 0 aliphatic carbocycles. The van der Waals surface area contributed by atoms with Gasteiger partial charge in [0.25, 0.3) is 0 Å². The number of piperazine rings is 1. The van der Waals surface area contributed by atoms with Crippen LogP contribution in [-0.4, -0.2) is 57.5 Å². The van der Waals surface area contributed by atoms with Crippen LogP contribution in [0.1, 0.15) is 0 Å². The molecule has 1 aliphatic heterocycles. The summed E-state index contributed by atoms with van der Waals surface area (Å²) in [6.07, 6.45) is 5.27. The van der Waals surface area contributed by atoms with Crippen molar-refractivity contribution >= 4 is 15.7 Å². The van der Waals surface area contributed by atoms with Gasteiger partial charge in [0.1, 0.15) is 5.75 Å². The number of nitrogens with zero attached hydrogens (tertiary/aromatic N) is 2. The van der Waals surface area contributed by atoms with Crippen molar-refractivity contribution < 1.29 is 13.2 Å². The summed E-state index contributed by atoms with van der Waals surface area (Å²) in [5, 5.41) is 0. The fourth-order valence-electron chi connectivity index (χ4n) is 2.26. The first-order valence-corrected chi connectivity index (χ1v) is 8.02. The van der Waals surface area contributed by atoms with Crippen molar-refractivity contribution in [3.8, 4) is 18.1 Å². The van der Waals surface area contributed by atoms with Gasteiger partial charge in [-0.1, -0.05) is 5.92 Å². The molecule has 2 N–H and O–H groups in total. The van der Waals surface area contributed by atoms with Crippen molar-refractivity contribution in [1.82, 2.24) is 9.21 Å². The van der Waals surface area contributed by atoms with Crippen LogP contribution in [0.2, 0.25) is 0 Å². The van der Waals surface area contributed by atoms with Crippen LogP contribution in [0, 0.1) is 12.3 Å². The van der Waals surface area contributed by atoms with Gasteiger partial charge in [-0.05, 0) is 12.1 Å². The lowest BCUT2D eigenvalue weighted by atomic mass is 10.3. The molecule has 2 rings (SSSR count). The molecule has 21 heavy (non-hydrogen) atoms.